The first-order chi connectivity index (χ1) is 14.4. The Morgan fingerprint density at radius 2 is 1.90 bits per heavy atom. The number of nitrogens with two attached hydrogens (primary N) is 2. The molecule has 0 bridgehead atoms. The van der Waals surface area contributed by atoms with Gasteiger partial charge in [0, 0.05) is 17.7 Å². The zero-order valence-electron chi connectivity index (χ0n) is 17.7. The fraction of sp³-hybridized carbons (Fsp3) is 0.333. The Morgan fingerprint density at radius 3 is 2.45 bits per heavy atom. The quantitative estimate of drug-likeness (QED) is 0.322. The van der Waals surface area contributed by atoms with Crippen molar-refractivity contribution >= 4 is 27.6 Å². The lowest BCUT2D eigenvalue weighted by Gasteiger charge is -2.21. The van der Waals surface area contributed by atoms with Gasteiger partial charge in [-0.05, 0) is 73.4 Å². The van der Waals surface area contributed by atoms with E-state index in [1.807, 2.05) is 37.6 Å². The van der Waals surface area contributed by atoms with Gasteiger partial charge in [0.25, 0.3) is 16.1 Å². The predicted molar refractivity (Wildman–Crippen MR) is 119 cm³/mol. The van der Waals surface area contributed by atoms with E-state index in [9.17, 15) is 13.2 Å². The molecule has 1 aliphatic rings. The van der Waals surface area contributed by atoms with Crippen LogP contribution in [0, 0.1) is 5.41 Å². The van der Waals surface area contributed by atoms with Gasteiger partial charge < -0.3 is 15.8 Å². The number of carbonyl (C=O) groups excluding carboxylic acids is 1. The lowest BCUT2D eigenvalue weighted by atomic mass is 9.94. The SMILES string of the molecule is CCc1cc(C(Nc2ccc(C(=N)N)cc2)C(=O)NS(N)(=O)=O)cc2c1OC(C)(C)C2. The van der Waals surface area contributed by atoms with Gasteiger partial charge in [-0.1, -0.05) is 6.92 Å². The Balaban J connectivity index is 2.02. The maximum atomic E-state index is 12.8. The van der Waals surface area contributed by atoms with Crippen LogP contribution >= 0.6 is 0 Å². The van der Waals surface area contributed by atoms with Gasteiger partial charge in [-0.2, -0.15) is 8.42 Å². The van der Waals surface area contributed by atoms with Crippen LogP contribution in [0.2, 0.25) is 0 Å². The van der Waals surface area contributed by atoms with Crippen molar-refractivity contribution in [2.45, 2.75) is 45.3 Å². The highest BCUT2D eigenvalue weighted by atomic mass is 32.2. The number of carbonyl (C=O) groups is 1. The Morgan fingerprint density at radius 1 is 1.26 bits per heavy atom. The van der Waals surface area contributed by atoms with Gasteiger partial charge in [0.15, 0.2) is 0 Å². The second-order valence-corrected chi connectivity index (χ2v) is 9.43. The normalized spacial score (nSPS) is 15.5. The summed E-state index contributed by atoms with van der Waals surface area (Å²) in [6.07, 6.45) is 1.35. The molecule has 0 aromatic heterocycles. The van der Waals surface area contributed by atoms with Crippen LogP contribution in [0.4, 0.5) is 5.69 Å². The zero-order valence-corrected chi connectivity index (χ0v) is 18.5. The minimum absolute atomic E-state index is 0.0797. The summed E-state index contributed by atoms with van der Waals surface area (Å²) in [4.78, 5) is 12.8. The zero-order chi connectivity index (χ0) is 23.0. The third-order valence-electron chi connectivity index (χ3n) is 4.99. The highest BCUT2D eigenvalue weighted by molar-refractivity contribution is 7.87. The second-order valence-electron chi connectivity index (χ2n) is 8.14. The number of fused-ring (bicyclic) bond motifs is 1. The number of anilines is 1. The first-order valence-electron chi connectivity index (χ1n) is 9.78. The van der Waals surface area contributed by atoms with Crippen molar-refractivity contribution in [2.24, 2.45) is 10.9 Å². The number of nitrogens with one attached hydrogen (secondary N) is 3. The summed E-state index contributed by atoms with van der Waals surface area (Å²) >= 11 is 0. The van der Waals surface area contributed by atoms with E-state index < -0.39 is 22.2 Å². The van der Waals surface area contributed by atoms with E-state index in [4.69, 9.17) is 21.0 Å². The van der Waals surface area contributed by atoms with Crippen LogP contribution in [0.25, 0.3) is 0 Å². The lowest BCUT2D eigenvalue weighted by Crippen LogP contribution is -2.41. The standard InChI is InChI=1S/C21H27N5O4S/c1-4-12-9-14(10-15-11-21(2,3)30-18(12)15)17(20(27)26-31(24,28)29)25-16-7-5-13(6-8-16)19(22)23/h5-10,17,25H,4,11H2,1-3H3,(H3,22,23)(H,26,27)(H2,24,28,29). The molecule has 0 fully saturated rings. The third kappa shape index (κ3) is 5.33. The van der Waals surface area contributed by atoms with E-state index >= 15 is 0 Å². The summed E-state index contributed by atoms with van der Waals surface area (Å²) in [6.45, 7) is 5.97. The maximum absolute atomic E-state index is 12.8. The van der Waals surface area contributed by atoms with Crippen molar-refractivity contribution in [3.05, 3.63) is 58.7 Å². The van der Waals surface area contributed by atoms with E-state index in [1.165, 1.54) is 0 Å². The summed E-state index contributed by atoms with van der Waals surface area (Å²) in [5, 5.41) is 15.6. The lowest BCUT2D eigenvalue weighted by molar-refractivity contribution is -0.120. The molecule has 0 aliphatic carbocycles. The van der Waals surface area contributed by atoms with E-state index in [2.05, 4.69) is 5.32 Å². The van der Waals surface area contributed by atoms with Crippen molar-refractivity contribution < 1.29 is 17.9 Å². The smallest absolute Gasteiger partial charge is 0.298 e. The summed E-state index contributed by atoms with van der Waals surface area (Å²) < 4.78 is 30.9. The molecule has 166 valence electrons. The third-order valence-corrected chi connectivity index (χ3v) is 5.47. The minimum Gasteiger partial charge on any atom is -0.487 e. The van der Waals surface area contributed by atoms with Crippen molar-refractivity contribution in [2.75, 3.05) is 5.32 Å². The fourth-order valence-corrected chi connectivity index (χ4v) is 4.05. The van der Waals surface area contributed by atoms with Gasteiger partial charge >= 0.3 is 0 Å². The molecule has 7 N–H and O–H groups in total. The van der Waals surface area contributed by atoms with Crippen molar-refractivity contribution in [1.82, 2.24) is 4.72 Å². The largest absolute Gasteiger partial charge is 0.487 e. The molecule has 1 unspecified atom stereocenters. The Bertz CT molecular complexity index is 1130. The van der Waals surface area contributed by atoms with E-state index in [-0.39, 0.29) is 11.4 Å². The highest BCUT2D eigenvalue weighted by Crippen LogP contribution is 2.40. The number of rotatable bonds is 7. The number of aryl methyl sites for hydroxylation is 1. The topological polar surface area (TPSA) is 160 Å². The van der Waals surface area contributed by atoms with E-state index in [1.54, 1.807) is 24.3 Å². The molecule has 0 saturated heterocycles. The molecule has 1 aliphatic heterocycles. The van der Waals surface area contributed by atoms with Crippen LogP contribution in [0.5, 0.6) is 5.75 Å². The van der Waals surface area contributed by atoms with Crippen molar-refractivity contribution in [1.29, 1.82) is 5.41 Å². The first kappa shape index (κ1) is 22.6. The molecule has 9 nitrogen and oxygen atoms in total. The summed E-state index contributed by atoms with van der Waals surface area (Å²) in [6, 6.07) is 9.26. The molecule has 1 amide bonds. The summed E-state index contributed by atoms with van der Waals surface area (Å²) in [7, 11) is -4.24. The monoisotopic (exact) mass is 445 g/mol. The number of amides is 1. The van der Waals surface area contributed by atoms with Gasteiger partial charge in [-0.25, -0.2) is 9.86 Å². The van der Waals surface area contributed by atoms with Gasteiger partial charge in [0.1, 0.15) is 23.2 Å². The van der Waals surface area contributed by atoms with Crippen LogP contribution in [-0.4, -0.2) is 25.8 Å². The first-order valence-corrected chi connectivity index (χ1v) is 11.3. The van der Waals surface area contributed by atoms with Crippen molar-refractivity contribution in [3.8, 4) is 5.75 Å². The number of ether oxygens (including phenoxy) is 1. The number of amidine groups is 1. The number of nitrogen functional groups attached to an aromatic ring is 1. The molecule has 0 saturated carbocycles. The van der Waals surface area contributed by atoms with Gasteiger partial charge in [0.05, 0.1) is 0 Å². The maximum Gasteiger partial charge on any atom is 0.298 e. The molecule has 2 aromatic carbocycles. The minimum atomic E-state index is -4.24. The Kier molecular flexibility index (Phi) is 5.97. The van der Waals surface area contributed by atoms with Crippen molar-refractivity contribution in [3.63, 3.8) is 0 Å². The average molecular weight is 446 g/mol. The summed E-state index contributed by atoms with van der Waals surface area (Å²) in [5.41, 5.74) is 8.69. The number of benzene rings is 2. The van der Waals surface area contributed by atoms with E-state index in [0.29, 0.717) is 29.7 Å². The predicted octanol–water partition coefficient (Wildman–Crippen LogP) is 1.72. The average Bonchev–Trinajstić information content (AvgIpc) is 2.97. The molecule has 0 radical (unpaired) electrons. The van der Waals surface area contributed by atoms with Crippen LogP contribution in [-0.2, 0) is 27.8 Å². The molecule has 0 spiro atoms. The summed E-state index contributed by atoms with van der Waals surface area (Å²) in [5.74, 6) is -0.0742. The molecular formula is C21H27N5O4S. The molecule has 10 heteroatoms. The number of hydrogen-bond acceptors (Lipinski definition) is 6. The van der Waals surface area contributed by atoms with Crippen LogP contribution in [0.3, 0.4) is 0 Å². The fourth-order valence-electron chi connectivity index (χ4n) is 3.66. The molecule has 31 heavy (non-hydrogen) atoms. The van der Waals surface area contributed by atoms with Gasteiger partial charge in [-0.3, -0.25) is 10.2 Å². The number of hydrogen-bond donors (Lipinski definition) is 5. The van der Waals surface area contributed by atoms with Gasteiger partial charge in [0.2, 0.25) is 0 Å². The van der Waals surface area contributed by atoms with Crippen LogP contribution in [0.15, 0.2) is 36.4 Å². The van der Waals surface area contributed by atoms with Gasteiger partial charge in [-0.15, -0.1) is 0 Å². The molecule has 1 heterocycles. The Hall–Kier alpha value is -3.11. The molecule has 3 rings (SSSR count). The molecule has 1 atom stereocenters. The Labute approximate surface area is 181 Å². The van der Waals surface area contributed by atoms with Crippen LogP contribution < -0.4 is 25.6 Å². The molecular weight excluding hydrogens is 418 g/mol. The molecule has 2 aromatic rings. The van der Waals surface area contributed by atoms with Crippen LogP contribution in [0.1, 0.15) is 49.1 Å². The second kappa shape index (κ2) is 8.20. The highest BCUT2D eigenvalue weighted by Gasteiger charge is 2.34. The van der Waals surface area contributed by atoms with E-state index in [0.717, 1.165) is 16.9 Å².